The second-order valence-electron chi connectivity index (χ2n) is 34.3. The van der Waals surface area contributed by atoms with Gasteiger partial charge in [0, 0.05) is 85.4 Å². The molecule has 6 aliphatic heterocycles. The number of aromatic nitrogens is 13. The molecular weight excluding hydrogens is 1960 g/mol. The molecule has 0 saturated carbocycles. The molecule has 0 unspecified atom stereocenters. The van der Waals surface area contributed by atoms with Crippen LogP contribution in [0.15, 0.2) is 226 Å². The number of hydrogen-bond donors (Lipinski definition) is 7. The van der Waals surface area contributed by atoms with E-state index in [2.05, 4.69) is 90.2 Å². The summed E-state index contributed by atoms with van der Waals surface area (Å²) in [6.07, 6.45) is 23.8. The van der Waals surface area contributed by atoms with Crippen LogP contribution >= 0.6 is 11.8 Å². The number of likely N-dealkylation sites (tertiary alicyclic amines) is 5. The maximum atomic E-state index is 13.1. The molecular formula is C100H129KN19NaO19S4. The van der Waals surface area contributed by atoms with Crippen LogP contribution in [0.25, 0.3) is 22.7 Å². The zero-order chi connectivity index (χ0) is 103. The Morgan fingerprint density at radius 3 is 1.06 bits per heavy atom. The van der Waals surface area contributed by atoms with Crippen molar-refractivity contribution >= 4 is 93.2 Å². The summed E-state index contributed by atoms with van der Waals surface area (Å²) in [6, 6.07) is 52.0. The molecule has 0 bridgehead atoms. The van der Waals surface area contributed by atoms with Gasteiger partial charge in [-0.25, -0.2) is 14.4 Å². The number of β-amino-alcohol motifs (C(OH)–C–C–N with tert-alkyl or cyclic N) is 4. The number of benzene rings is 6. The van der Waals surface area contributed by atoms with Gasteiger partial charge in [0.2, 0.25) is 0 Å². The number of ether oxygens (including phenoxy) is 2. The number of nitrogens with zero attached hydrogens (tertiary/aromatic N) is 18. The number of piperidine rings is 6. The van der Waals surface area contributed by atoms with Gasteiger partial charge in [0.25, 0.3) is 27.8 Å². The first-order chi connectivity index (χ1) is 68.0. The van der Waals surface area contributed by atoms with Crippen molar-refractivity contribution in [3.8, 4) is 28.5 Å². The van der Waals surface area contributed by atoms with Crippen LogP contribution in [-0.2, 0) is 71.8 Å². The van der Waals surface area contributed by atoms with Crippen LogP contribution in [0.1, 0.15) is 191 Å². The van der Waals surface area contributed by atoms with E-state index in [9.17, 15) is 62.1 Å². The smallest absolute Gasteiger partial charge is 0.796 e. The van der Waals surface area contributed by atoms with E-state index in [4.69, 9.17) is 29.0 Å². The molecule has 0 aliphatic carbocycles. The van der Waals surface area contributed by atoms with Crippen LogP contribution in [0, 0.1) is 6.92 Å². The fourth-order valence-corrected chi connectivity index (χ4v) is 17.2. The number of aromatic carboxylic acids is 1. The van der Waals surface area contributed by atoms with Gasteiger partial charge in [-0.3, -0.25) is 28.3 Å². The van der Waals surface area contributed by atoms with Crippen molar-refractivity contribution in [3.05, 3.63) is 265 Å². The largest absolute Gasteiger partial charge is 1.00 e. The molecule has 44 heteroatoms. The summed E-state index contributed by atoms with van der Waals surface area (Å²) in [6.45, 7) is 20.2. The van der Waals surface area contributed by atoms with Crippen molar-refractivity contribution in [3.63, 3.8) is 0 Å². The molecule has 0 radical (unpaired) electrons. The van der Waals surface area contributed by atoms with Crippen LogP contribution in [-0.4, -0.2) is 298 Å². The van der Waals surface area contributed by atoms with E-state index in [0.29, 0.717) is 84.5 Å². The molecule has 6 fully saturated rings. The summed E-state index contributed by atoms with van der Waals surface area (Å²) in [5.41, 5.74) is 6.99. The number of carboxylic acids is 1. The molecule has 38 nitrogen and oxygen atoms in total. The number of aliphatic hydroxyl groups is 4. The Kier molecular flexibility index (Phi) is 54.5. The molecule has 11 heterocycles. The van der Waals surface area contributed by atoms with Crippen molar-refractivity contribution in [2.24, 2.45) is 0 Å². The van der Waals surface area contributed by atoms with Gasteiger partial charge in [-0.15, -0.1) is 0 Å². The standard InChI is InChI=1S/C17H20N4O2S.C16H20N4O4S.C15H18N4O2.2C14H19NO3.C9H7N3O2.C6H13NO.C6H7NO.C2H4OS.CH4S.K.Na/c1-12-7-8-14(24-13(2)22)11-20(12)17(23)15-5-3-4-6-16(15)21-18-9-10-19-21;1-12-7-8-13(24-25(2,22)23)11-19(12)16(21)14-5-3-4-6-15(14)20-17-9-10-18-20;1-11-6-7-12(20)10-18(11)15(21)13-4-2-3-5-14(13)19-16-8-9-17-19;2*1-11-7-8-13(16)9-15(11)14(17)18-10-12-5-3-2-4-6-12;13-9(14)7-3-1-2-4-8(7)12-10-5-6-11-12;2*1-5-2-3-6(8)4-7-5;1-2(3)4;1-2;;/h3-6,9-10,12,14H,7-8,11H2,1-2H3;3-6,9-10,12-13H,7-8,11H2,1-2H3;2-5,8-9,11-12,20H,6-7,10H2,1H3;2*2-6,11,13,16H,7-10H2,1H3;1-6H,(H,13,14);5-8H,2-4H2,1H3;2-4,8H,1H3;1H3,(H,3,4);2H,1H3;;/q;;;;;;;;;;2*+1/p-2/t12-,14-;12-,13+;11-,12+;11-,13+;11-,13-;;5-,6+;;;;;/m11111.1...../s1. The van der Waals surface area contributed by atoms with Crippen LogP contribution < -0.4 is 86.3 Å². The van der Waals surface area contributed by atoms with Crippen molar-refractivity contribution in [1.29, 1.82) is 0 Å². The summed E-state index contributed by atoms with van der Waals surface area (Å²) in [5.74, 6) is -1.09. The van der Waals surface area contributed by atoms with Gasteiger partial charge in [0.15, 0.2) is 5.12 Å². The first-order valence-corrected chi connectivity index (χ1v) is 50.6. The predicted octanol–water partition coefficient (Wildman–Crippen LogP) is 5.80. The Morgan fingerprint density at radius 2 is 0.736 bits per heavy atom. The molecule has 5 amide bonds. The van der Waals surface area contributed by atoms with E-state index < -0.39 is 40.5 Å². The van der Waals surface area contributed by atoms with Crippen LogP contribution in [0.2, 0.25) is 0 Å². The van der Waals surface area contributed by atoms with E-state index in [1.807, 2.05) is 143 Å². The van der Waals surface area contributed by atoms with Crippen LogP contribution in [0.3, 0.4) is 0 Å². The fourth-order valence-electron chi connectivity index (χ4n) is 15.6. The molecule has 6 aliphatic rings. The summed E-state index contributed by atoms with van der Waals surface area (Å²) < 4.78 is 38.4. The Morgan fingerprint density at radius 1 is 0.424 bits per heavy atom. The number of hydrogen-bond acceptors (Lipinski definition) is 31. The topological polar surface area (TPSA) is 484 Å². The van der Waals surface area contributed by atoms with Gasteiger partial charge >= 0.3 is 99.1 Å². The summed E-state index contributed by atoms with van der Waals surface area (Å²) in [7, 11) is -3.56. The molecule has 11 aromatic rings. The molecule has 12 atom stereocenters. The van der Waals surface area contributed by atoms with E-state index in [1.165, 1.54) is 62.5 Å². The Balaban J connectivity index is 0.000000254. The number of thioether (sulfide) groups is 1. The predicted molar refractivity (Wildman–Crippen MR) is 540 cm³/mol. The van der Waals surface area contributed by atoms with Gasteiger partial charge in [-0.1, -0.05) is 121 Å². The number of aromatic hydroxyl groups is 1. The third kappa shape index (κ3) is 41.3. The third-order valence-corrected chi connectivity index (χ3v) is 24.8. The number of carbonyl (C=O) groups is 8. The quantitative estimate of drug-likeness (QED) is 0.0362. The number of aryl methyl sites for hydroxylation is 1. The number of pyridine rings is 1. The van der Waals surface area contributed by atoms with Gasteiger partial charge < -0.3 is 100.0 Å². The minimum Gasteiger partial charge on any atom is -0.796 e. The first kappa shape index (κ1) is 123. The number of amides is 5. The SMILES string of the molecule is CC(=O)S[C@@H]1CC[C@@H](C)N(C(=O)c2ccccc2-n2nccn2)C1.CC(=O)[S-].C[C@@H]1CC[C@@H](O)CN1C(=O)OCc1ccccc1.C[C@@H]1CC[C@H](O)CN1.C[C@@H]1CC[C@H](O)CN1C(=O)OCc1ccccc1.C[C@@H]1CC[C@H](O)CN1C(=O)c1ccccc1-n1nccn1.C[C@@H]1CC[C@H](OS(C)(=O)=O)CN1C(=O)c1ccccc1-n1nccn1.C[S-].Cc1ccc(O)cn1.O=C(O)c1ccccc1-n1nccn1.[K+].[Na+]. The average molecular weight is 2090 g/mol. The number of para-hydroxylation sites is 4. The Bertz CT molecular complexity index is 5670. The molecule has 144 heavy (non-hydrogen) atoms. The zero-order valence-electron chi connectivity index (χ0n) is 83.6. The molecule has 6 aromatic carbocycles. The minimum atomic E-state index is -3.56. The number of rotatable bonds is 15. The number of carboxylic acid groups (broad SMARTS) is 1. The molecule has 764 valence electrons. The maximum Gasteiger partial charge on any atom is 1.00 e. The zero-order valence-corrected chi connectivity index (χ0v) is 92.0. The normalized spacial score (nSPS) is 20.3. The van der Waals surface area contributed by atoms with Crippen molar-refractivity contribution < 1.29 is 172 Å². The first-order valence-electron chi connectivity index (χ1n) is 46.7. The van der Waals surface area contributed by atoms with E-state index in [1.54, 1.807) is 131 Å². The Labute approximate surface area is 920 Å². The van der Waals surface area contributed by atoms with Gasteiger partial charge in [-0.05, 0) is 204 Å². The molecule has 0 spiro atoms. The van der Waals surface area contributed by atoms with Crippen molar-refractivity contribution in [1.82, 2.24) is 94.8 Å². The van der Waals surface area contributed by atoms with Crippen molar-refractivity contribution in [2.75, 3.05) is 51.8 Å². The second-order valence-corrected chi connectivity index (χ2v) is 38.0. The van der Waals surface area contributed by atoms with E-state index >= 15 is 0 Å². The summed E-state index contributed by atoms with van der Waals surface area (Å²) in [4.78, 5) is 112. The molecule has 5 aromatic heterocycles. The monoisotopic (exact) mass is 2090 g/mol. The van der Waals surface area contributed by atoms with Crippen molar-refractivity contribution in [2.45, 2.75) is 225 Å². The maximum absolute atomic E-state index is 13.1. The second kappa shape index (κ2) is 64.1. The minimum absolute atomic E-state index is 0. The van der Waals surface area contributed by atoms with Gasteiger partial charge in [0.05, 0.1) is 145 Å². The molecule has 7 N–H and O–H groups in total. The number of carbonyl (C=O) groups excluding carboxylic acids is 7. The Hall–Kier alpha value is -10.1. The summed E-state index contributed by atoms with van der Waals surface area (Å²) in [5, 5.41) is 91.1. The number of nitrogens with one attached hydrogen (secondary N) is 1. The number of aliphatic hydroxyl groups excluding tert-OH is 4. The summed E-state index contributed by atoms with van der Waals surface area (Å²) >= 11 is 9.40. The molecule has 6 saturated heterocycles. The van der Waals surface area contributed by atoms with Crippen LogP contribution in [0.4, 0.5) is 9.59 Å². The molecule has 17 rings (SSSR count). The average Bonchev–Trinajstić information content (AvgIpc) is 1.47. The van der Waals surface area contributed by atoms with Crippen LogP contribution in [0.5, 0.6) is 5.75 Å². The van der Waals surface area contributed by atoms with Gasteiger partial charge in [-0.2, -0.15) is 74.6 Å². The van der Waals surface area contributed by atoms with E-state index in [-0.39, 0.29) is 194 Å². The third-order valence-electron chi connectivity index (χ3n) is 23.2. The van der Waals surface area contributed by atoms with Gasteiger partial charge in [0.1, 0.15) is 24.7 Å². The van der Waals surface area contributed by atoms with E-state index in [0.717, 1.165) is 93.8 Å². The fraction of sp³-hybridized carbons (Fsp3) is 0.430.